The molecule has 0 atom stereocenters. The van der Waals surface area contributed by atoms with E-state index in [-0.39, 0.29) is 24.0 Å². The fourth-order valence-electron chi connectivity index (χ4n) is 2.04. The molecule has 0 spiro atoms. The van der Waals surface area contributed by atoms with E-state index in [9.17, 15) is 0 Å². The molecule has 0 saturated carbocycles. The molecule has 1 heterocycles. The third-order valence-electron chi connectivity index (χ3n) is 3.35. The third-order valence-corrected chi connectivity index (χ3v) is 3.35. The van der Waals surface area contributed by atoms with Crippen LogP contribution in [0, 0.1) is 20.8 Å². The lowest BCUT2D eigenvalue weighted by Gasteiger charge is -1.98. The van der Waals surface area contributed by atoms with Crippen LogP contribution >= 0.6 is 0 Å². The first-order valence-corrected chi connectivity index (χ1v) is 4.95. The van der Waals surface area contributed by atoms with Crippen molar-refractivity contribution >= 4 is 11.0 Å². The van der Waals surface area contributed by atoms with Gasteiger partial charge in [-0.1, -0.05) is 6.07 Å². The first-order valence-electron chi connectivity index (χ1n) is 4.95. The highest BCUT2D eigenvalue weighted by Gasteiger charge is 2.18. The van der Waals surface area contributed by atoms with Gasteiger partial charge >= 0.3 is 0 Å². The van der Waals surface area contributed by atoms with Crippen LogP contribution < -0.4 is 28.5 Å². The summed E-state index contributed by atoms with van der Waals surface area (Å²) < 4.78 is 4.50. The van der Waals surface area contributed by atoms with E-state index >= 15 is 0 Å². The number of benzene rings is 1. The van der Waals surface area contributed by atoms with E-state index in [1.54, 1.807) is 0 Å². The Morgan fingerprint density at radius 2 is 1.73 bits per heavy atom. The number of hydrogen-bond acceptors (Lipinski definition) is 0. The summed E-state index contributed by atoms with van der Waals surface area (Å²) in [5.41, 5.74) is 5.41. The molecule has 2 rings (SSSR count). The van der Waals surface area contributed by atoms with Crippen LogP contribution in [0.5, 0.6) is 0 Å². The molecule has 15 heavy (non-hydrogen) atoms. The highest BCUT2D eigenvalue weighted by molar-refractivity contribution is 5.77. The van der Waals surface area contributed by atoms with E-state index in [4.69, 9.17) is 0 Å². The standard InChI is InChI=1S/C12H17N2.HI/c1-8-6-7-11-12(9(8)2)14(5)10(3)13(11)4;/h6-7H,1-5H3;1H/q+1;/p-1. The highest BCUT2D eigenvalue weighted by Crippen LogP contribution is 2.19. The first kappa shape index (κ1) is 12.5. The summed E-state index contributed by atoms with van der Waals surface area (Å²) in [6.07, 6.45) is 0. The zero-order valence-corrected chi connectivity index (χ0v) is 12.1. The lowest BCUT2D eigenvalue weighted by Crippen LogP contribution is -3.00. The van der Waals surface area contributed by atoms with E-state index in [0.717, 1.165) is 0 Å². The maximum absolute atomic E-state index is 2.26. The van der Waals surface area contributed by atoms with Crippen LogP contribution in [0.4, 0.5) is 0 Å². The van der Waals surface area contributed by atoms with Gasteiger partial charge in [0.15, 0.2) is 11.0 Å². The van der Waals surface area contributed by atoms with Crippen molar-refractivity contribution in [3.8, 4) is 0 Å². The largest absolute Gasteiger partial charge is 1.00 e. The summed E-state index contributed by atoms with van der Waals surface area (Å²) in [6, 6.07) is 4.39. The fourth-order valence-corrected chi connectivity index (χ4v) is 2.04. The molecule has 0 aliphatic rings. The number of aryl methyl sites for hydroxylation is 4. The van der Waals surface area contributed by atoms with Crippen LogP contribution in [0.3, 0.4) is 0 Å². The Bertz CT molecular complexity index is 512. The second-order valence-corrected chi connectivity index (χ2v) is 4.04. The van der Waals surface area contributed by atoms with E-state index < -0.39 is 0 Å². The molecule has 0 bridgehead atoms. The Labute approximate surface area is 108 Å². The van der Waals surface area contributed by atoms with Crippen molar-refractivity contribution in [1.29, 1.82) is 0 Å². The van der Waals surface area contributed by atoms with Gasteiger partial charge in [-0.15, -0.1) is 0 Å². The molecule has 2 nitrogen and oxygen atoms in total. The quantitative estimate of drug-likeness (QED) is 0.432. The van der Waals surface area contributed by atoms with Crippen LogP contribution in [0.2, 0.25) is 0 Å². The molecule has 1 aromatic carbocycles. The Morgan fingerprint density at radius 1 is 1.13 bits per heavy atom. The van der Waals surface area contributed by atoms with Crippen molar-refractivity contribution in [3.63, 3.8) is 0 Å². The Kier molecular flexibility index (Phi) is 3.43. The predicted octanol–water partition coefficient (Wildman–Crippen LogP) is -1.07. The van der Waals surface area contributed by atoms with Crippen LogP contribution in [0.15, 0.2) is 12.1 Å². The summed E-state index contributed by atoms with van der Waals surface area (Å²) in [5.74, 6) is 1.29. The van der Waals surface area contributed by atoms with Crippen LogP contribution in [0.25, 0.3) is 11.0 Å². The van der Waals surface area contributed by atoms with Crippen molar-refractivity contribution in [2.24, 2.45) is 14.1 Å². The molecule has 0 unspecified atom stereocenters. The minimum atomic E-state index is 0. The third kappa shape index (κ3) is 1.67. The van der Waals surface area contributed by atoms with Crippen molar-refractivity contribution in [1.82, 2.24) is 4.57 Å². The van der Waals surface area contributed by atoms with E-state index in [1.807, 2.05) is 0 Å². The molecule has 0 radical (unpaired) electrons. The summed E-state index contributed by atoms with van der Waals surface area (Å²) in [5, 5.41) is 0. The molecule has 0 saturated heterocycles. The number of fused-ring (bicyclic) bond motifs is 1. The minimum absolute atomic E-state index is 0. The molecule has 0 aliphatic carbocycles. The van der Waals surface area contributed by atoms with Crippen LogP contribution in [-0.2, 0) is 14.1 Å². The maximum atomic E-state index is 2.26. The molecule has 0 amide bonds. The van der Waals surface area contributed by atoms with E-state index in [1.165, 1.54) is 28.0 Å². The number of imidazole rings is 1. The van der Waals surface area contributed by atoms with E-state index in [0.29, 0.717) is 0 Å². The van der Waals surface area contributed by atoms with Gasteiger partial charge in [0.1, 0.15) is 0 Å². The lowest BCUT2D eigenvalue weighted by molar-refractivity contribution is -0.652. The normalized spacial score (nSPS) is 10.5. The molecular formula is C12H17IN2. The molecule has 3 heteroatoms. The second-order valence-electron chi connectivity index (χ2n) is 4.04. The second kappa shape index (κ2) is 4.12. The number of halogens is 1. The van der Waals surface area contributed by atoms with Gasteiger partial charge in [-0.05, 0) is 25.5 Å². The van der Waals surface area contributed by atoms with Crippen molar-refractivity contribution in [2.45, 2.75) is 20.8 Å². The molecule has 0 fully saturated rings. The molecule has 2 aromatic rings. The summed E-state index contributed by atoms with van der Waals surface area (Å²) in [4.78, 5) is 0. The summed E-state index contributed by atoms with van der Waals surface area (Å²) >= 11 is 0. The minimum Gasteiger partial charge on any atom is -1.00 e. The smallest absolute Gasteiger partial charge is 0.253 e. The zero-order valence-electron chi connectivity index (χ0n) is 9.93. The average Bonchev–Trinajstić information content (AvgIpc) is 2.38. The number of hydrogen-bond donors (Lipinski definition) is 0. The predicted molar refractivity (Wildman–Crippen MR) is 58.3 cm³/mol. The van der Waals surface area contributed by atoms with Gasteiger partial charge in [-0.3, -0.25) is 0 Å². The van der Waals surface area contributed by atoms with Crippen LogP contribution in [0.1, 0.15) is 17.0 Å². The van der Waals surface area contributed by atoms with Gasteiger partial charge < -0.3 is 24.0 Å². The molecular weight excluding hydrogens is 299 g/mol. The number of aromatic nitrogens is 2. The van der Waals surface area contributed by atoms with Gasteiger partial charge in [-0.25, -0.2) is 9.13 Å². The van der Waals surface area contributed by atoms with Gasteiger partial charge in [-0.2, -0.15) is 0 Å². The van der Waals surface area contributed by atoms with Gasteiger partial charge in [0.2, 0.25) is 0 Å². The summed E-state index contributed by atoms with van der Waals surface area (Å²) in [7, 11) is 4.25. The molecule has 1 aromatic heterocycles. The summed E-state index contributed by atoms with van der Waals surface area (Å²) in [6.45, 7) is 6.50. The van der Waals surface area contributed by atoms with Gasteiger partial charge in [0.05, 0.1) is 14.1 Å². The van der Waals surface area contributed by atoms with Crippen molar-refractivity contribution in [3.05, 3.63) is 29.1 Å². The highest BCUT2D eigenvalue weighted by atomic mass is 127. The number of rotatable bonds is 0. The monoisotopic (exact) mass is 316 g/mol. The zero-order chi connectivity index (χ0) is 10.5. The maximum Gasteiger partial charge on any atom is 0.253 e. The fraction of sp³-hybridized carbons (Fsp3) is 0.417. The van der Waals surface area contributed by atoms with Gasteiger partial charge in [0, 0.05) is 12.5 Å². The van der Waals surface area contributed by atoms with Crippen LogP contribution in [-0.4, -0.2) is 4.57 Å². The van der Waals surface area contributed by atoms with Crippen molar-refractivity contribution < 1.29 is 28.5 Å². The Morgan fingerprint density at radius 3 is 2.33 bits per heavy atom. The average molecular weight is 316 g/mol. The van der Waals surface area contributed by atoms with Gasteiger partial charge in [0.25, 0.3) is 5.82 Å². The van der Waals surface area contributed by atoms with E-state index in [2.05, 4.69) is 56.1 Å². The Hall–Kier alpha value is -0.580. The lowest BCUT2D eigenvalue weighted by atomic mass is 10.1. The van der Waals surface area contributed by atoms with Crippen molar-refractivity contribution in [2.75, 3.05) is 0 Å². The molecule has 82 valence electrons. The topological polar surface area (TPSA) is 8.81 Å². The SMILES string of the molecule is Cc1ccc2c(c1C)[n+](C)c(C)n2C.[I-]. The first-order chi connectivity index (χ1) is 6.54. The Balaban J connectivity index is 0.00000112. The molecule has 0 N–H and O–H groups in total. The molecule has 0 aliphatic heterocycles. The number of nitrogens with zero attached hydrogens (tertiary/aromatic N) is 2.